The molecule has 2 aromatic carbocycles. The number of benzene rings is 2. The van der Waals surface area contributed by atoms with Gasteiger partial charge in [-0.25, -0.2) is 0 Å². The van der Waals surface area contributed by atoms with Crippen molar-refractivity contribution in [1.29, 1.82) is 0 Å². The van der Waals surface area contributed by atoms with Crippen molar-refractivity contribution in [2.45, 2.75) is 6.92 Å². The van der Waals surface area contributed by atoms with Crippen molar-refractivity contribution < 1.29 is 4.74 Å². The first kappa shape index (κ1) is 14.6. The van der Waals surface area contributed by atoms with Gasteiger partial charge in [0.05, 0.1) is 0 Å². The normalized spacial score (nSPS) is 11.4. The number of ether oxygens (including phenoxy) is 1. The Morgan fingerprint density at radius 1 is 1.05 bits per heavy atom. The van der Waals surface area contributed by atoms with Gasteiger partial charge >= 0.3 is 0 Å². The number of nitrogens with one attached hydrogen (secondary N) is 1. The molecule has 0 saturated carbocycles. The van der Waals surface area contributed by atoms with Crippen LogP contribution in [-0.4, -0.2) is 13.6 Å². The molecule has 3 heteroatoms. The van der Waals surface area contributed by atoms with Gasteiger partial charge in [0.15, 0.2) is 0 Å². The van der Waals surface area contributed by atoms with Gasteiger partial charge in [0.2, 0.25) is 0 Å². The molecule has 2 nitrogen and oxygen atoms in total. The molecule has 0 fully saturated rings. The SMILES string of the molecule is CNCC=C(C)c1ccc(Oc2ccc(Cl)cc2)cc1. The van der Waals surface area contributed by atoms with Crippen LogP contribution in [0.5, 0.6) is 11.5 Å². The fourth-order valence-electron chi connectivity index (χ4n) is 1.80. The van der Waals surface area contributed by atoms with Gasteiger partial charge in [-0.05, 0) is 61.5 Å². The van der Waals surface area contributed by atoms with Crippen molar-refractivity contribution >= 4 is 17.2 Å². The fraction of sp³-hybridized carbons (Fsp3) is 0.176. The lowest BCUT2D eigenvalue weighted by Gasteiger charge is -2.07. The van der Waals surface area contributed by atoms with Gasteiger partial charge in [-0.1, -0.05) is 29.8 Å². The average molecular weight is 288 g/mol. The zero-order valence-corrected chi connectivity index (χ0v) is 12.4. The van der Waals surface area contributed by atoms with Crippen LogP contribution in [0.2, 0.25) is 5.02 Å². The molecule has 0 aromatic heterocycles. The summed E-state index contributed by atoms with van der Waals surface area (Å²) in [6.07, 6.45) is 2.16. The molecule has 0 radical (unpaired) electrons. The summed E-state index contributed by atoms with van der Waals surface area (Å²) in [5.41, 5.74) is 2.45. The van der Waals surface area contributed by atoms with E-state index >= 15 is 0 Å². The lowest BCUT2D eigenvalue weighted by molar-refractivity contribution is 0.482. The molecule has 0 spiro atoms. The number of halogens is 1. The van der Waals surface area contributed by atoms with Crippen LogP contribution in [-0.2, 0) is 0 Å². The Labute approximate surface area is 125 Å². The van der Waals surface area contributed by atoms with Gasteiger partial charge in [0, 0.05) is 11.6 Å². The number of allylic oxidation sites excluding steroid dienone is 1. The van der Waals surface area contributed by atoms with E-state index in [4.69, 9.17) is 16.3 Å². The van der Waals surface area contributed by atoms with E-state index in [9.17, 15) is 0 Å². The lowest BCUT2D eigenvalue weighted by atomic mass is 10.1. The van der Waals surface area contributed by atoms with E-state index in [1.807, 2.05) is 43.4 Å². The average Bonchev–Trinajstić information content (AvgIpc) is 2.48. The number of rotatable bonds is 5. The third kappa shape index (κ3) is 4.12. The maximum absolute atomic E-state index is 5.85. The summed E-state index contributed by atoms with van der Waals surface area (Å²) >= 11 is 5.85. The summed E-state index contributed by atoms with van der Waals surface area (Å²) in [6, 6.07) is 15.4. The van der Waals surface area contributed by atoms with Crippen molar-refractivity contribution in [3.05, 3.63) is 65.2 Å². The Bertz CT molecular complexity index is 573. The molecule has 0 bridgehead atoms. The fourth-order valence-corrected chi connectivity index (χ4v) is 1.92. The molecule has 1 N–H and O–H groups in total. The van der Waals surface area contributed by atoms with Gasteiger partial charge in [-0.15, -0.1) is 0 Å². The van der Waals surface area contributed by atoms with Crippen molar-refractivity contribution in [3.8, 4) is 11.5 Å². The van der Waals surface area contributed by atoms with E-state index in [2.05, 4.69) is 30.4 Å². The third-order valence-electron chi connectivity index (χ3n) is 2.97. The molecule has 0 unspecified atom stereocenters. The number of likely N-dealkylation sites (N-methyl/N-ethyl adjacent to an activating group) is 1. The van der Waals surface area contributed by atoms with Crippen LogP contribution < -0.4 is 10.1 Å². The minimum atomic E-state index is 0.706. The molecule has 0 aliphatic carbocycles. The molecule has 0 atom stereocenters. The summed E-state index contributed by atoms with van der Waals surface area (Å²) in [4.78, 5) is 0. The minimum absolute atomic E-state index is 0.706. The highest BCUT2D eigenvalue weighted by molar-refractivity contribution is 6.30. The monoisotopic (exact) mass is 287 g/mol. The molecule has 0 saturated heterocycles. The van der Waals surface area contributed by atoms with Crippen LogP contribution in [0, 0.1) is 0 Å². The molecule has 2 rings (SSSR count). The summed E-state index contributed by atoms with van der Waals surface area (Å²) in [6.45, 7) is 2.97. The van der Waals surface area contributed by atoms with E-state index in [1.165, 1.54) is 11.1 Å². The second-order valence-corrected chi connectivity index (χ2v) is 4.96. The molecule has 0 heterocycles. The van der Waals surface area contributed by atoms with Gasteiger partial charge in [-0.2, -0.15) is 0 Å². The predicted molar refractivity (Wildman–Crippen MR) is 85.5 cm³/mol. The summed E-state index contributed by atoms with van der Waals surface area (Å²) in [5, 5.41) is 3.81. The Morgan fingerprint density at radius 2 is 1.60 bits per heavy atom. The highest BCUT2D eigenvalue weighted by Gasteiger charge is 1.99. The van der Waals surface area contributed by atoms with Gasteiger partial charge in [0.25, 0.3) is 0 Å². The molecular weight excluding hydrogens is 270 g/mol. The number of hydrogen-bond acceptors (Lipinski definition) is 2. The van der Waals surface area contributed by atoms with E-state index in [-0.39, 0.29) is 0 Å². The van der Waals surface area contributed by atoms with Crippen molar-refractivity contribution in [2.24, 2.45) is 0 Å². The third-order valence-corrected chi connectivity index (χ3v) is 3.22. The molecule has 104 valence electrons. The second kappa shape index (κ2) is 7.13. The van der Waals surface area contributed by atoms with E-state index in [1.54, 1.807) is 0 Å². The van der Waals surface area contributed by atoms with Gasteiger partial charge < -0.3 is 10.1 Å². The van der Waals surface area contributed by atoms with Crippen LogP contribution >= 0.6 is 11.6 Å². The first-order chi connectivity index (χ1) is 9.69. The highest BCUT2D eigenvalue weighted by Crippen LogP contribution is 2.24. The van der Waals surface area contributed by atoms with Crippen molar-refractivity contribution in [3.63, 3.8) is 0 Å². The maximum atomic E-state index is 5.85. The Hall–Kier alpha value is -1.77. The largest absolute Gasteiger partial charge is 0.457 e. The first-order valence-corrected chi connectivity index (χ1v) is 6.92. The molecule has 0 aliphatic heterocycles. The molecule has 0 amide bonds. The highest BCUT2D eigenvalue weighted by atomic mass is 35.5. The Balaban J connectivity index is 2.06. The van der Waals surface area contributed by atoms with Crippen LogP contribution in [0.3, 0.4) is 0 Å². The summed E-state index contributed by atoms with van der Waals surface area (Å²) < 4.78 is 5.76. The minimum Gasteiger partial charge on any atom is -0.457 e. The Kier molecular flexibility index (Phi) is 5.22. The molecular formula is C17H18ClNO. The predicted octanol–water partition coefficient (Wildman–Crippen LogP) is 4.76. The topological polar surface area (TPSA) is 21.3 Å². The lowest BCUT2D eigenvalue weighted by Crippen LogP contribution is -2.04. The first-order valence-electron chi connectivity index (χ1n) is 6.54. The Morgan fingerprint density at radius 3 is 2.15 bits per heavy atom. The van der Waals surface area contributed by atoms with E-state index in [0.29, 0.717) is 5.02 Å². The standard InChI is InChI=1S/C17H18ClNO/c1-13(11-12-19-2)14-3-7-16(8-4-14)20-17-9-5-15(18)6-10-17/h3-11,19H,12H2,1-2H3. The summed E-state index contributed by atoms with van der Waals surface area (Å²) in [5.74, 6) is 1.60. The zero-order valence-electron chi connectivity index (χ0n) is 11.7. The maximum Gasteiger partial charge on any atom is 0.127 e. The quantitative estimate of drug-likeness (QED) is 0.856. The molecule has 0 aliphatic rings. The van der Waals surface area contributed by atoms with E-state index < -0.39 is 0 Å². The van der Waals surface area contributed by atoms with Crippen molar-refractivity contribution in [1.82, 2.24) is 5.32 Å². The molecule has 20 heavy (non-hydrogen) atoms. The van der Waals surface area contributed by atoms with Crippen LogP contribution in [0.1, 0.15) is 12.5 Å². The van der Waals surface area contributed by atoms with Crippen molar-refractivity contribution in [2.75, 3.05) is 13.6 Å². The zero-order chi connectivity index (χ0) is 14.4. The van der Waals surface area contributed by atoms with Crippen LogP contribution in [0.4, 0.5) is 0 Å². The number of hydrogen-bond donors (Lipinski definition) is 1. The van der Waals surface area contributed by atoms with E-state index in [0.717, 1.165) is 18.0 Å². The molecule has 2 aromatic rings. The van der Waals surface area contributed by atoms with Gasteiger partial charge in [-0.3, -0.25) is 0 Å². The van der Waals surface area contributed by atoms with Crippen LogP contribution in [0.15, 0.2) is 54.6 Å². The summed E-state index contributed by atoms with van der Waals surface area (Å²) in [7, 11) is 1.94. The second-order valence-electron chi connectivity index (χ2n) is 4.53. The van der Waals surface area contributed by atoms with Gasteiger partial charge in [0.1, 0.15) is 11.5 Å². The smallest absolute Gasteiger partial charge is 0.127 e. The van der Waals surface area contributed by atoms with Crippen LogP contribution in [0.25, 0.3) is 5.57 Å².